The quantitative estimate of drug-likeness (QED) is 0.810. The first-order valence-electron chi connectivity index (χ1n) is 6.29. The fourth-order valence-electron chi connectivity index (χ4n) is 2.31. The molecule has 1 aliphatic carbocycles. The molecule has 3 nitrogen and oxygen atoms in total. The van der Waals surface area contributed by atoms with Gasteiger partial charge in [-0.15, -0.1) is 0 Å². The van der Waals surface area contributed by atoms with Gasteiger partial charge in [-0.25, -0.2) is 13.1 Å². The van der Waals surface area contributed by atoms with Crippen molar-refractivity contribution in [3.8, 4) is 0 Å². The highest BCUT2D eigenvalue weighted by molar-refractivity contribution is 9.11. The Morgan fingerprint density at radius 2 is 1.89 bits per heavy atom. The molecule has 0 spiro atoms. The Morgan fingerprint density at radius 1 is 1.26 bits per heavy atom. The predicted octanol–water partition coefficient (Wildman–Crippen LogP) is 4.13. The monoisotopic (exact) mass is 409 g/mol. The number of halogens is 2. The van der Waals surface area contributed by atoms with E-state index in [1.54, 1.807) is 6.07 Å². The Labute approximate surface area is 131 Å². The maximum absolute atomic E-state index is 12.5. The molecule has 0 atom stereocenters. The minimum absolute atomic E-state index is 0.240. The molecular weight excluding hydrogens is 394 g/mol. The fraction of sp³-hybridized carbons (Fsp3) is 0.538. The molecule has 0 unspecified atom stereocenters. The molecule has 0 bridgehead atoms. The van der Waals surface area contributed by atoms with Gasteiger partial charge in [0.1, 0.15) is 0 Å². The van der Waals surface area contributed by atoms with Gasteiger partial charge in [-0.2, -0.15) is 0 Å². The van der Waals surface area contributed by atoms with Crippen LogP contribution in [0.15, 0.2) is 26.0 Å². The van der Waals surface area contributed by atoms with Gasteiger partial charge in [0.2, 0.25) is 10.0 Å². The summed E-state index contributed by atoms with van der Waals surface area (Å²) in [6.07, 6.45) is 3.77. The number of rotatable bonds is 4. The normalized spacial score (nSPS) is 18.1. The lowest BCUT2D eigenvalue weighted by Gasteiger charge is -2.41. The fourth-order valence-corrected chi connectivity index (χ4v) is 5.51. The van der Waals surface area contributed by atoms with Crippen molar-refractivity contribution in [1.29, 1.82) is 0 Å². The Bertz CT molecular complexity index is 589. The van der Waals surface area contributed by atoms with Crippen molar-refractivity contribution >= 4 is 41.9 Å². The summed E-state index contributed by atoms with van der Waals surface area (Å²) >= 11 is 6.73. The van der Waals surface area contributed by atoms with Gasteiger partial charge >= 0.3 is 0 Å². The summed E-state index contributed by atoms with van der Waals surface area (Å²) in [5.41, 5.74) is 0.759. The summed E-state index contributed by atoms with van der Waals surface area (Å²) in [6.45, 7) is 3.96. The van der Waals surface area contributed by atoms with Crippen LogP contribution in [0.3, 0.4) is 0 Å². The van der Waals surface area contributed by atoms with Crippen LogP contribution in [0, 0.1) is 6.92 Å². The van der Waals surface area contributed by atoms with E-state index in [9.17, 15) is 8.42 Å². The van der Waals surface area contributed by atoms with E-state index < -0.39 is 10.0 Å². The molecule has 1 aliphatic rings. The van der Waals surface area contributed by atoms with E-state index in [1.165, 1.54) is 0 Å². The Balaban J connectivity index is 2.37. The van der Waals surface area contributed by atoms with Crippen molar-refractivity contribution in [2.24, 2.45) is 0 Å². The standard InChI is InChI=1S/C13H17Br2NO2S/c1-3-13(5-4-6-13)16-19(17,18)12-8-10(14)9(2)7-11(12)15/h7-8,16H,3-6H2,1-2H3. The zero-order chi connectivity index (χ0) is 14.3. The van der Waals surface area contributed by atoms with Crippen molar-refractivity contribution in [2.45, 2.75) is 50.0 Å². The lowest BCUT2D eigenvalue weighted by Crippen LogP contribution is -2.52. The minimum Gasteiger partial charge on any atom is -0.207 e. The van der Waals surface area contributed by atoms with Crippen LogP contribution in [0.1, 0.15) is 38.2 Å². The third-order valence-electron chi connectivity index (χ3n) is 3.84. The topological polar surface area (TPSA) is 46.2 Å². The lowest BCUT2D eigenvalue weighted by molar-refractivity contribution is 0.214. The molecule has 0 amide bonds. The van der Waals surface area contributed by atoms with Gasteiger partial charge in [0.25, 0.3) is 0 Å². The molecule has 0 saturated heterocycles. The van der Waals surface area contributed by atoms with Gasteiger partial charge in [-0.05, 0) is 66.2 Å². The summed E-state index contributed by atoms with van der Waals surface area (Å²) in [5.74, 6) is 0. The van der Waals surface area contributed by atoms with Crippen LogP contribution in [-0.2, 0) is 10.0 Å². The van der Waals surface area contributed by atoms with Crippen LogP contribution in [0.25, 0.3) is 0 Å². The summed E-state index contributed by atoms with van der Waals surface area (Å²) < 4.78 is 29.3. The van der Waals surface area contributed by atoms with Crippen molar-refractivity contribution < 1.29 is 8.42 Å². The predicted molar refractivity (Wildman–Crippen MR) is 83.8 cm³/mol. The number of nitrogens with one attached hydrogen (secondary N) is 1. The lowest BCUT2D eigenvalue weighted by atomic mass is 9.76. The number of aryl methyl sites for hydroxylation is 1. The number of hydrogen-bond donors (Lipinski definition) is 1. The Hall–Kier alpha value is 0.0900. The zero-order valence-electron chi connectivity index (χ0n) is 11.0. The molecular formula is C13H17Br2NO2S. The van der Waals surface area contributed by atoms with Gasteiger partial charge < -0.3 is 0 Å². The molecule has 1 saturated carbocycles. The number of hydrogen-bond acceptors (Lipinski definition) is 2. The molecule has 0 aromatic heterocycles. The summed E-state index contributed by atoms with van der Waals surface area (Å²) in [5, 5.41) is 0. The first kappa shape index (κ1) is 15.5. The smallest absolute Gasteiger partial charge is 0.207 e. The van der Waals surface area contributed by atoms with Gasteiger partial charge in [-0.3, -0.25) is 0 Å². The molecule has 2 rings (SSSR count). The van der Waals surface area contributed by atoms with Crippen molar-refractivity contribution in [1.82, 2.24) is 4.72 Å². The van der Waals surface area contributed by atoms with Crippen LogP contribution in [-0.4, -0.2) is 14.0 Å². The summed E-state index contributed by atoms with van der Waals surface area (Å²) in [6, 6.07) is 3.47. The average molecular weight is 411 g/mol. The molecule has 1 fully saturated rings. The highest BCUT2D eigenvalue weighted by Gasteiger charge is 2.39. The van der Waals surface area contributed by atoms with E-state index in [4.69, 9.17) is 0 Å². The van der Waals surface area contributed by atoms with E-state index in [2.05, 4.69) is 36.6 Å². The van der Waals surface area contributed by atoms with Crippen molar-refractivity contribution in [3.63, 3.8) is 0 Å². The summed E-state index contributed by atoms with van der Waals surface area (Å²) in [4.78, 5) is 0.296. The van der Waals surface area contributed by atoms with E-state index in [1.807, 2.05) is 19.9 Å². The van der Waals surface area contributed by atoms with E-state index in [-0.39, 0.29) is 5.54 Å². The van der Waals surface area contributed by atoms with E-state index >= 15 is 0 Å². The van der Waals surface area contributed by atoms with Crippen LogP contribution in [0.5, 0.6) is 0 Å². The first-order valence-corrected chi connectivity index (χ1v) is 9.36. The Morgan fingerprint density at radius 3 is 2.37 bits per heavy atom. The number of sulfonamides is 1. The van der Waals surface area contributed by atoms with Gasteiger partial charge in [0, 0.05) is 14.5 Å². The molecule has 106 valence electrons. The van der Waals surface area contributed by atoms with E-state index in [0.717, 1.165) is 35.7 Å². The van der Waals surface area contributed by atoms with Crippen LogP contribution in [0.4, 0.5) is 0 Å². The number of benzene rings is 1. The molecule has 1 N–H and O–H groups in total. The SMILES string of the molecule is CCC1(NS(=O)(=O)c2cc(Br)c(C)cc2Br)CCC1. The van der Waals surface area contributed by atoms with Crippen molar-refractivity contribution in [3.05, 3.63) is 26.6 Å². The molecule has 19 heavy (non-hydrogen) atoms. The highest BCUT2D eigenvalue weighted by Crippen LogP contribution is 2.37. The molecule has 0 radical (unpaired) electrons. The largest absolute Gasteiger partial charge is 0.242 e. The molecule has 6 heteroatoms. The van der Waals surface area contributed by atoms with Crippen LogP contribution < -0.4 is 4.72 Å². The molecule has 0 aliphatic heterocycles. The minimum atomic E-state index is -3.49. The first-order chi connectivity index (χ1) is 8.80. The van der Waals surface area contributed by atoms with Crippen LogP contribution >= 0.6 is 31.9 Å². The van der Waals surface area contributed by atoms with E-state index in [0.29, 0.717) is 9.37 Å². The summed E-state index contributed by atoms with van der Waals surface area (Å²) in [7, 11) is -3.49. The maximum atomic E-state index is 12.5. The van der Waals surface area contributed by atoms with Gasteiger partial charge in [0.15, 0.2) is 0 Å². The Kier molecular flexibility index (Phi) is 4.45. The van der Waals surface area contributed by atoms with Crippen LogP contribution in [0.2, 0.25) is 0 Å². The third kappa shape index (κ3) is 3.06. The maximum Gasteiger partial charge on any atom is 0.242 e. The molecule has 1 aromatic carbocycles. The average Bonchev–Trinajstić information content (AvgIpc) is 2.28. The van der Waals surface area contributed by atoms with Gasteiger partial charge in [0.05, 0.1) is 4.90 Å². The second kappa shape index (κ2) is 5.47. The zero-order valence-corrected chi connectivity index (χ0v) is 15.0. The van der Waals surface area contributed by atoms with Crippen molar-refractivity contribution in [2.75, 3.05) is 0 Å². The third-order valence-corrected chi connectivity index (χ3v) is 7.23. The van der Waals surface area contributed by atoms with Gasteiger partial charge in [-0.1, -0.05) is 22.9 Å². The second-order valence-corrected chi connectivity index (χ2v) is 8.48. The second-order valence-electron chi connectivity index (χ2n) is 5.12. The molecule has 1 aromatic rings. The highest BCUT2D eigenvalue weighted by atomic mass is 79.9. The molecule has 0 heterocycles.